The van der Waals surface area contributed by atoms with Crippen LogP contribution in [0, 0.1) is 11.8 Å². The van der Waals surface area contributed by atoms with Crippen LogP contribution in [0.25, 0.3) is 0 Å². The molecule has 1 aliphatic carbocycles. The van der Waals surface area contributed by atoms with Crippen LogP contribution >= 0.6 is 0 Å². The molecule has 0 spiro atoms. The van der Waals surface area contributed by atoms with E-state index in [4.69, 9.17) is 9.47 Å². The molecule has 3 saturated heterocycles. The molecular formula is C18H30N2O3. The summed E-state index contributed by atoms with van der Waals surface area (Å²) in [7, 11) is 0. The highest BCUT2D eigenvalue weighted by molar-refractivity contribution is 5.81. The highest BCUT2D eigenvalue weighted by atomic mass is 16.5. The molecule has 23 heavy (non-hydrogen) atoms. The van der Waals surface area contributed by atoms with Gasteiger partial charge in [0.05, 0.1) is 6.10 Å². The Bertz CT molecular complexity index is 420. The van der Waals surface area contributed by atoms with Crippen LogP contribution in [0.5, 0.6) is 0 Å². The van der Waals surface area contributed by atoms with Crippen LogP contribution in [0.4, 0.5) is 0 Å². The summed E-state index contributed by atoms with van der Waals surface area (Å²) in [6.07, 6.45) is 8.40. The number of amides is 1. The molecule has 4 fully saturated rings. The maximum atomic E-state index is 12.4. The van der Waals surface area contributed by atoms with Gasteiger partial charge >= 0.3 is 0 Å². The topological polar surface area (TPSA) is 50.8 Å². The number of hydrogen-bond acceptors (Lipinski definition) is 4. The number of hydrogen-bond donors (Lipinski definition) is 1. The van der Waals surface area contributed by atoms with Crippen LogP contribution in [0.3, 0.4) is 0 Å². The van der Waals surface area contributed by atoms with Gasteiger partial charge in [-0.15, -0.1) is 0 Å². The van der Waals surface area contributed by atoms with Crippen molar-refractivity contribution in [1.29, 1.82) is 0 Å². The second-order valence-electron chi connectivity index (χ2n) is 7.83. The fourth-order valence-corrected chi connectivity index (χ4v) is 4.52. The molecule has 130 valence electrons. The third kappa shape index (κ3) is 3.57. The molecule has 0 unspecified atom stereocenters. The van der Waals surface area contributed by atoms with Gasteiger partial charge in [-0.3, -0.25) is 9.69 Å². The second-order valence-corrected chi connectivity index (χ2v) is 7.83. The zero-order valence-electron chi connectivity index (χ0n) is 14.0. The number of fused-ring (bicyclic) bond motifs is 1. The van der Waals surface area contributed by atoms with E-state index in [0.717, 1.165) is 51.6 Å². The molecule has 0 aromatic carbocycles. The van der Waals surface area contributed by atoms with E-state index in [0.29, 0.717) is 11.8 Å². The van der Waals surface area contributed by atoms with E-state index in [9.17, 15) is 4.79 Å². The first-order valence-corrected chi connectivity index (χ1v) is 9.54. The van der Waals surface area contributed by atoms with Gasteiger partial charge in [0.1, 0.15) is 6.10 Å². The average Bonchev–Trinajstić information content (AvgIpc) is 2.95. The smallest absolute Gasteiger partial charge is 0.249 e. The van der Waals surface area contributed by atoms with E-state index >= 15 is 0 Å². The first-order valence-electron chi connectivity index (χ1n) is 9.54. The van der Waals surface area contributed by atoms with Crippen LogP contribution in [0.15, 0.2) is 0 Å². The summed E-state index contributed by atoms with van der Waals surface area (Å²) in [5.74, 6) is 1.27. The molecule has 1 amide bonds. The quantitative estimate of drug-likeness (QED) is 0.853. The van der Waals surface area contributed by atoms with Crippen molar-refractivity contribution in [2.75, 3.05) is 32.8 Å². The molecule has 4 rings (SSSR count). The lowest BCUT2D eigenvalue weighted by atomic mass is 9.86. The lowest BCUT2D eigenvalue weighted by Gasteiger charge is -2.43. The third-order valence-corrected chi connectivity index (χ3v) is 6.37. The maximum Gasteiger partial charge on any atom is 0.249 e. The Morgan fingerprint density at radius 1 is 1.13 bits per heavy atom. The molecule has 3 aliphatic heterocycles. The Morgan fingerprint density at radius 2 is 1.96 bits per heavy atom. The summed E-state index contributed by atoms with van der Waals surface area (Å²) in [6, 6.07) is 0.793. The number of carbonyl (C=O) groups excluding carboxylic acids is 1. The standard InChI is InChI=1S/C18H30N2O3/c21-18(19-11-13-5-8-22-9-6-13)16-10-14-4-7-20(12-17(14)23-16)15-2-1-3-15/h13-17H,1-12H2,(H,19,21)/t14-,16+,17-/m0/s1. The zero-order chi connectivity index (χ0) is 15.6. The lowest BCUT2D eigenvalue weighted by Crippen LogP contribution is -2.49. The molecule has 5 heteroatoms. The molecular weight excluding hydrogens is 292 g/mol. The van der Waals surface area contributed by atoms with Crippen LogP contribution < -0.4 is 5.32 Å². The molecule has 0 radical (unpaired) electrons. The van der Waals surface area contributed by atoms with Gasteiger partial charge < -0.3 is 14.8 Å². The van der Waals surface area contributed by atoms with Gasteiger partial charge in [-0.1, -0.05) is 6.42 Å². The van der Waals surface area contributed by atoms with E-state index in [1.54, 1.807) is 0 Å². The van der Waals surface area contributed by atoms with Crippen molar-refractivity contribution in [1.82, 2.24) is 10.2 Å². The average molecular weight is 322 g/mol. The number of ether oxygens (including phenoxy) is 2. The van der Waals surface area contributed by atoms with Crippen LogP contribution in [0.2, 0.25) is 0 Å². The molecule has 0 bridgehead atoms. The van der Waals surface area contributed by atoms with E-state index in [2.05, 4.69) is 10.2 Å². The van der Waals surface area contributed by atoms with Crippen molar-refractivity contribution in [2.45, 2.75) is 63.2 Å². The zero-order valence-corrected chi connectivity index (χ0v) is 14.0. The molecule has 1 N–H and O–H groups in total. The Morgan fingerprint density at radius 3 is 2.70 bits per heavy atom. The number of carbonyl (C=O) groups is 1. The monoisotopic (exact) mass is 322 g/mol. The normalized spacial score (nSPS) is 36.4. The molecule has 3 heterocycles. The van der Waals surface area contributed by atoms with Gasteiger partial charge in [0.15, 0.2) is 0 Å². The number of rotatable bonds is 4. The number of nitrogens with zero attached hydrogens (tertiary/aromatic N) is 1. The third-order valence-electron chi connectivity index (χ3n) is 6.37. The summed E-state index contributed by atoms with van der Waals surface area (Å²) >= 11 is 0. The van der Waals surface area contributed by atoms with Gasteiger partial charge in [0.2, 0.25) is 5.91 Å². The minimum absolute atomic E-state index is 0.112. The van der Waals surface area contributed by atoms with Gasteiger partial charge in [-0.05, 0) is 56.9 Å². The Balaban J connectivity index is 1.23. The van der Waals surface area contributed by atoms with Gasteiger partial charge in [0, 0.05) is 32.3 Å². The van der Waals surface area contributed by atoms with Crippen molar-refractivity contribution in [3.63, 3.8) is 0 Å². The fourth-order valence-electron chi connectivity index (χ4n) is 4.52. The van der Waals surface area contributed by atoms with Crippen molar-refractivity contribution in [2.24, 2.45) is 11.8 Å². The number of nitrogens with one attached hydrogen (secondary N) is 1. The number of likely N-dealkylation sites (tertiary alicyclic amines) is 1. The van der Waals surface area contributed by atoms with Gasteiger partial charge in [0.25, 0.3) is 0 Å². The maximum absolute atomic E-state index is 12.4. The first-order chi connectivity index (χ1) is 11.3. The molecule has 0 aromatic heterocycles. The predicted molar refractivity (Wildman–Crippen MR) is 87.1 cm³/mol. The molecule has 3 atom stereocenters. The van der Waals surface area contributed by atoms with E-state index in [1.165, 1.54) is 32.2 Å². The van der Waals surface area contributed by atoms with Gasteiger partial charge in [-0.2, -0.15) is 0 Å². The van der Waals surface area contributed by atoms with Crippen molar-refractivity contribution < 1.29 is 14.3 Å². The Kier molecular flexibility index (Phi) is 4.88. The summed E-state index contributed by atoms with van der Waals surface area (Å²) in [4.78, 5) is 15.0. The van der Waals surface area contributed by atoms with Gasteiger partial charge in [-0.25, -0.2) is 0 Å². The van der Waals surface area contributed by atoms with Crippen molar-refractivity contribution in [3.8, 4) is 0 Å². The van der Waals surface area contributed by atoms with Crippen LogP contribution in [0.1, 0.15) is 44.9 Å². The molecule has 0 aromatic rings. The summed E-state index contributed by atoms with van der Waals surface area (Å²) in [6.45, 7) is 4.69. The highest BCUT2D eigenvalue weighted by Crippen LogP contribution is 2.36. The van der Waals surface area contributed by atoms with E-state index in [1.807, 2.05) is 0 Å². The summed E-state index contributed by atoms with van der Waals surface area (Å²) < 4.78 is 11.5. The minimum atomic E-state index is -0.216. The second kappa shape index (κ2) is 7.08. The van der Waals surface area contributed by atoms with E-state index < -0.39 is 0 Å². The molecule has 4 aliphatic rings. The summed E-state index contributed by atoms with van der Waals surface area (Å²) in [5.41, 5.74) is 0. The molecule has 1 saturated carbocycles. The SMILES string of the molecule is O=C(NCC1CCOCC1)[C@H]1C[C@@H]2CCN(C3CCC3)C[C@@H]2O1. The highest BCUT2D eigenvalue weighted by Gasteiger charge is 2.43. The largest absolute Gasteiger partial charge is 0.381 e. The summed E-state index contributed by atoms with van der Waals surface area (Å²) in [5, 5.41) is 3.13. The van der Waals surface area contributed by atoms with Crippen LogP contribution in [-0.2, 0) is 14.3 Å². The van der Waals surface area contributed by atoms with Crippen molar-refractivity contribution >= 4 is 5.91 Å². The predicted octanol–water partition coefficient (Wildman–Crippen LogP) is 1.56. The first kappa shape index (κ1) is 15.9. The Hall–Kier alpha value is -0.650. The fraction of sp³-hybridized carbons (Fsp3) is 0.944. The minimum Gasteiger partial charge on any atom is -0.381 e. The Labute approximate surface area is 139 Å². The number of piperidine rings is 1. The van der Waals surface area contributed by atoms with Crippen molar-refractivity contribution in [3.05, 3.63) is 0 Å². The lowest BCUT2D eigenvalue weighted by molar-refractivity contribution is -0.133. The van der Waals surface area contributed by atoms with Crippen LogP contribution in [-0.4, -0.2) is 61.9 Å². The van der Waals surface area contributed by atoms with E-state index in [-0.39, 0.29) is 18.1 Å². The molecule has 5 nitrogen and oxygen atoms in total.